The SMILES string of the molecule is CC.Cc1cc(C#Cc2ccc(Br)c3ccccc23)cc(C)n1. The number of pyridine rings is 1. The van der Waals surface area contributed by atoms with Crippen LogP contribution in [0.5, 0.6) is 0 Å². The second-order valence-corrected chi connectivity index (χ2v) is 5.88. The van der Waals surface area contributed by atoms with E-state index in [-0.39, 0.29) is 0 Å². The molecule has 0 unspecified atom stereocenters. The van der Waals surface area contributed by atoms with Crippen molar-refractivity contribution in [3.05, 3.63) is 75.5 Å². The number of rotatable bonds is 0. The Bertz CT molecular complexity index is 865. The van der Waals surface area contributed by atoms with E-state index in [1.807, 2.05) is 52.0 Å². The summed E-state index contributed by atoms with van der Waals surface area (Å²) in [4.78, 5) is 4.38. The molecule has 1 aromatic heterocycles. The lowest BCUT2D eigenvalue weighted by atomic mass is 10.0. The molecule has 116 valence electrons. The van der Waals surface area contributed by atoms with E-state index in [1.165, 1.54) is 10.8 Å². The van der Waals surface area contributed by atoms with Crippen molar-refractivity contribution in [3.8, 4) is 11.8 Å². The second-order valence-electron chi connectivity index (χ2n) is 5.03. The fourth-order valence-electron chi connectivity index (χ4n) is 2.42. The lowest BCUT2D eigenvalue weighted by Crippen LogP contribution is -1.88. The van der Waals surface area contributed by atoms with E-state index in [2.05, 4.69) is 57.0 Å². The summed E-state index contributed by atoms with van der Waals surface area (Å²) in [6.07, 6.45) is 0. The molecule has 1 nitrogen and oxygen atoms in total. The van der Waals surface area contributed by atoms with Crippen LogP contribution in [0.3, 0.4) is 0 Å². The highest BCUT2D eigenvalue weighted by Crippen LogP contribution is 2.26. The quantitative estimate of drug-likeness (QED) is 0.442. The van der Waals surface area contributed by atoms with Crippen LogP contribution in [0.1, 0.15) is 36.4 Å². The average Bonchev–Trinajstić information content (AvgIpc) is 2.56. The van der Waals surface area contributed by atoms with Crippen LogP contribution in [0, 0.1) is 25.7 Å². The maximum Gasteiger partial charge on any atom is 0.0388 e. The summed E-state index contributed by atoms with van der Waals surface area (Å²) < 4.78 is 1.10. The molecule has 0 aliphatic rings. The second kappa shape index (κ2) is 7.94. The Morgan fingerprint density at radius 2 is 1.43 bits per heavy atom. The zero-order chi connectivity index (χ0) is 16.8. The van der Waals surface area contributed by atoms with Crippen LogP contribution in [-0.2, 0) is 0 Å². The third-order valence-electron chi connectivity index (χ3n) is 3.29. The number of halogens is 1. The molecule has 0 saturated heterocycles. The van der Waals surface area contributed by atoms with Crippen molar-refractivity contribution in [2.24, 2.45) is 0 Å². The maximum absolute atomic E-state index is 4.38. The van der Waals surface area contributed by atoms with Gasteiger partial charge in [0.15, 0.2) is 0 Å². The highest BCUT2D eigenvalue weighted by molar-refractivity contribution is 9.10. The Morgan fingerprint density at radius 3 is 2.09 bits per heavy atom. The van der Waals surface area contributed by atoms with Crippen LogP contribution in [0.2, 0.25) is 0 Å². The van der Waals surface area contributed by atoms with E-state index in [0.717, 1.165) is 27.0 Å². The summed E-state index contributed by atoms with van der Waals surface area (Å²) in [5, 5.41) is 2.35. The third-order valence-corrected chi connectivity index (χ3v) is 3.99. The van der Waals surface area contributed by atoms with Crippen molar-refractivity contribution >= 4 is 26.7 Å². The molecule has 0 N–H and O–H groups in total. The van der Waals surface area contributed by atoms with Crippen molar-refractivity contribution in [3.63, 3.8) is 0 Å². The molecule has 0 saturated carbocycles. The smallest absolute Gasteiger partial charge is 0.0388 e. The summed E-state index contributed by atoms with van der Waals surface area (Å²) in [5.74, 6) is 6.54. The van der Waals surface area contributed by atoms with Gasteiger partial charge in [-0.25, -0.2) is 0 Å². The first-order valence-corrected chi connectivity index (χ1v) is 8.57. The third kappa shape index (κ3) is 4.21. The van der Waals surface area contributed by atoms with E-state index in [9.17, 15) is 0 Å². The Balaban J connectivity index is 0.000000924. The number of hydrogen-bond acceptors (Lipinski definition) is 1. The van der Waals surface area contributed by atoms with Crippen LogP contribution in [0.4, 0.5) is 0 Å². The van der Waals surface area contributed by atoms with Gasteiger partial charge in [-0.05, 0) is 48.9 Å². The molecule has 0 fully saturated rings. The van der Waals surface area contributed by atoms with Gasteiger partial charge in [-0.1, -0.05) is 65.9 Å². The first-order valence-electron chi connectivity index (χ1n) is 7.78. The van der Waals surface area contributed by atoms with Gasteiger partial charge in [-0.2, -0.15) is 0 Å². The number of aromatic nitrogens is 1. The molecule has 0 aliphatic heterocycles. The van der Waals surface area contributed by atoms with Crippen LogP contribution in [-0.4, -0.2) is 4.98 Å². The normalized spacial score (nSPS) is 9.61. The largest absolute Gasteiger partial charge is 0.258 e. The molecular formula is C21H20BrN. The van der Waals surface area contributed by atoms with Crippen LogP contribution >= 0.6 is 15.9 Å². The molecule has 2 aromatic carbocycles. The van der Waals surface area contributed by atoms with Crippen LogP contribution in [0.15, 0.2) is 53.0 Å². The Kier molecular flexibility index (Phi) is 5.96. The summed E-state index contributed by atoms with van der Waals surface area (Å²) in [7, 11) is 0. The fourth-order valence-corrected chi connectivity index (χ4v) is 2.90. The Morgan fingerprint density at radius 1 is 0.826 bits per heavy atom. The summed E-state index contributed by atoms with van der Waals surface area (Å²) in [6.45, 7) is 7.99. The number of hydrogen-bond donors (Lipinski definition) is 0. The number of benzene rings is 2. The first-order chi connectivity index (χ1) is 11.1. The minimum absolute atomic E-state index is 1.000. The van der Waals surface area contributed by atoms with Crippen molar-refractivity contribution in [2.45, 2.75) is 27.7 Å². The van der Waals surface area contributed by atoms with Crippen LogP contribution in [0.25, 0.3) is 10.8 Å². The lowest BCUT2D eigenvalue weighted by Gasteiger charge is -2.03. The average molecular weight is 366 g/mol. The van der Waals surface area contributed by atoms with Gasteiger partial charge >= 0.3 is 0 Å². The van der Waals surface area contributed by atoms with E-state index in [0.29, 0.717) is 0 Å². The van der Waals surface area contributed by atoms with Gasteiger partial charge < -0.3 is 0 Å². The predicted octanol–water partition coefficient (Wildman–Crippen LogP) is 6.04. The van der Waals surface area contributed by atoms with Gasteiger partial charge in [-0.15, -0.1) is 0 Å². The summed E-state index contributed by atoms with van der Waals surface area (Å²) in [6, 6.07) is 16.4. The molecule has 3 rings (SSSR count). The first kappa shape index (κ1) is 17.2. The molecule has 0 bridgehead atoms. The zero-order valence-electron chi connectivity index (χ0n) is 13.9. The van der Waals surface area contributed by atoms with Crippen LogP contribution < -0.4 is 0 Å². The van der Waals surface area contributed by atoms with E-state index in [1.54, 1.807) is 0 Å². The van der Waals surface area contributed by atoms with Gasteiger partial charge in [0.05, 0.1) is 0 Å². The Hall–Kier alpha value is -2.11. The van der Waals surface area contributed by atoms with Gasteiger partial charge in [0, 0.05) is 27.0 Å². The van der Waals surface area contributed by atoms with E-state index in [4.69, 9.17) is 0 Å². The molecule has 0 amide bonds. The molecule has 0 radical (unpaired) electrons. The highest BCUT2D eigenvalue weighted by Gasteiger charge is 2.01. The van der Waals surface area contributed by atoms with Crippen molar-refractivity contribution in [2.75, 3.05) is 0 Å². The molecule has 1 heterocycles. The van der Waals surface area contributed by atoms with Crippen molar-refractivity contribution < 1.29 is 0 Å². The van der Waals surface area contributed by atoms with Gasteiger partial charge in [0.1, 0.15) is 0 Å². The molecule has 2 heteroatoms. The van der Waals surface area contributed by atoms with Gasteiger partial charge in [-0.3, -0.25) is 4.98 Å². The van der Waals surface area contributed by atoms with Gasteiger partial charge in [0.25, 0.3) is 0 Å². The minimum atomic E-state index is 1.000. The van der Waals surface area contributed by atoms with Crippen molar-refractivity contribution in [1.82, 2.24) is 4.98 Å². The summed E-state index contributed by atoms with van der Waals surface area (Å²) >= 11 is 3.59. The Labute approximate surface area is 146 Å². The topological polar surface area (TPSA) is 12.9 Å². The zero-order valence-corrected chi connectivity index (χ0v) is 15.5. The predicted molar refractivity (Wildman–Crippen MR) is 103 cm³/mol. The monoisotopic (exact) mass is 365 g/mol. The highest BCUT2D eigenvalue weighted by atomic mass is 79.9. The molecule has 0 aliphatic carbocycles. The molecule has 3 aromatic rings. The number of aryl methyl sites for hydroxylation is 2. The molecule has 0 atom stereocenters. The number of fused-ring (bicyclic) bond motifs is 1. The fraction of sp³-hybridized carbons (Fsp3) is 0.190. The minimum Gasteiger partial charge on any atom is -0.258 e. The standard InChI is InChI=1S/C19H14BrN.C2H6/c1-13-11-15(12-14(2)21-13)7-8-16-9-10-19(20)18-6-4-3-5-17(16)18;1-2/h3-6,9-12H,1-2H3;1-2H3. The van der Waals surface area contributed by atoms with Crippen molar-refractivity contribution in [1.29, 1.82) is 0 Å². The van der Waals surface area contributed by atoms with Gasteiger partial charge in [0.2, 0.25) is 0 Å². The summed E-state index contributed by atoms with van der Waals surface area (Å²) in [5.41, 5.74) is 4.05. The lowest BCUT2D eigenvalue weighted by molar-refractivity contribution is 1.12. The van der Waals surface area contributed by atoms with E-state index < -0.39 is 0 Å². The molecule has 0 spiro atoms. The number of nitrogens with zero attached hydrogens (tertiary/aromatic N) is 1. The van der Waals surface area contributed by atoms with E-state index >= 15 is 0 Å². The molecule has 23 heavy (non-hydrogen) atoms. The maximum atomic E-state index is 4.38. The molecular weight excluding hydrogens is 346 g/mol.